The predicted octanol–water partition coefficient (Wildman–Crippen LogP) is -0.172. The van der Waals surface area contributed by atoms with Crippen LogP contribution in [-0.2, 0) is 19.2 Å². The molecular formula is C30H40BrCs2FN2O9. The van der Waals surface area contributed by atoms with Crippen LogP contribution in [0.25, 0.3) is 21.8 Å². The van der Waals surface area contributed by atoms with Gasteiger partial charge in [0, 0.05) is 27.1 Å². The van der Waals surface area contributed by atoms with Crippen molar-refractivity contribution in [2.75, 3.05) is 33.3 Å². The Kier molecular flexibility index (Phi) is 30.3. The van der Waals surface area contributed by atoms with Crippen LogP contribution in [0.5, 0.6) is 11.5 Å². The van der Waals surface area contributed by atoms with E-state index in [9.17, 15) is 19.1 Å². The van der Waals surface area contributed by atoms with Gasteiger partial charge in [0.05, 0.1) is 29.4 Å². The van der Waals surface area contributed by atoms with Crippen molar-refractivity contribution in [2.45, 2.75) is 27.7 Å². The van der Waals surface area contributed by atoms with Crippen LogP contribution in [0.3, 0.4) is 0 Å². The van der Waals surface area contributed by atoms with Gasteiger partial charge in [-0.05, 0) is 48.2 Å². The molecule has 0 aliphatic carbocycles. The summed E-state index contributed by atoms with van der Waals surface area (Å²) in [4.78, 5) is 39.7. The van der Waals surface area contributed by atoms with Crippen LogP contribution < -0.4 is 148 Å². The number of phenols is 1. The number of aromatic amines is 2. The largest absolute Gasteiger partial charge is 1.00 e. The molecule has 3 N–H and O–H groups in total. The van der Waals surface area contributed by atoms with Gasteiger partial charge < -0.3 is 40.9 Å². The van der Waals surface area contributed by atoms with Crippen LogP contribution in [0, 0.1) is 11.8 Å². The number of rotatable bonds is 7. The van der Waals surface area contributed by atoms with Crippen molar-refractivity contribution in [1.29, 1.82) is 0 Å². The number of carbonyl (C=O) groups is 3. The third-order valence-corrected chi connectivity index (χ3v) is 6.29. The molecule has 2 aromatic heterocycles. The minimum absolute atomic E-state index is 0. The Morgan fingerprint density at radius 2 is 1.40 bits per heavy atom. The Morgan fingerprint density at radius 1 is 0.978 bits per heavy atom. The van der Waals surface area contributed by atoms with Crippen LogP contribution in [0.2, 0.25) is 0 Å². The summed E-state index contributed by atoms with van der Waals surface area (Å²) in [7, 11) is 1.68. The zero-order valence-electron chi connectivity index (χ0n) is 28.9. The van der Waals surface area contributed by atoms with Gasteiger partial charge in [-0.1, -0.05) is 55.8 Å². The Morgan fingerprint density at radius 3 is 1.78 bits per heavy atom. The summed E-state index contributed by atoms with van der Waals surface area (Å²) >= 11 is 3.31. The molecule has 0 aliphatic rings. The number of halogens is 2. The molecule has 2 aromatic carbocycles. The second-order valence-corrected chi connectivity index (χ2v) is 9.90. The Bertz CT molecular complexity index is 1430. The first-order chi connectivity index (χ1) is 20.9. The van der Waals surface area contributed by atoms with E-state index < -0.39 is 13.1 Å². The smallest absolute Gasteiger partial charge is 1.00 e. The van der Waals surface area contributed by atoms with Crippen LogP contribution in [-0.4, -0.2) is 66.8 Å². The topological polar surface area (TPSA) is 163 Å². The van der Waals surface area contributed by atoms with Crippen LogP contribution >= 0.6 is 15.9 Å². The molecule has 0 amide bonds. The average Bonchev–Trinajstić information content (AvgIpc) is 3.66. The number of alkyl halides is 2. The third-order valence-electron chi connectivity index (χ3n) is 5.00. The van der Waals surface area contributed by atoms with Crippen molar-refractivity contribution in [3.8, 4) is 11.5 Å². The molecule has 11 nitrogen and oxygen atoms in total. The van der Waals surface area contributed by atoms with Gasteiger partial charge in [-0.3, -0.25) is 9.18 Å². The van der Waals surface area contributed by atoms with E-state index in [4.69, 9.17) is 20.9 Å². The van der Waals surface area contributed by atoms with Gasteiger partial charge in [0.25, 0.3) is 6.47 Å². The number of aromatic nitrogens is 2. The molecule has 4 aromatic rings. The number of aromatic hydroxyl groups is 1. The van der Waals surface area contributed by atoms with E-state index in [1.54, 1.807) is 30.3 Å². The SMILES string of the molecule is CC(C)CBr.COC(=O)c1cc2c(O)cccc2[nH]1.COC(=O)c1cc2c(OCC(C)C)cccc2[nH]1.O=CO[O-].[2H]CF.[Cs+].[Cs+].[H-]. The molecule has 4 rings (SSSR count). The number of ether oxygens (including phenoxy) is 3. The quantitative estimate of drug-likeness (QED) is 0.0752. The summed E-state index contributed by atoms with van der Waals surface area (Å²) in [5, 5.41) is 20.5. The second-order valence-electron chi connectivity index (χ2n) is 9.25. The van der Waals surface area contributed by atoms with Gasteiger partial charge in [0.2, 0.25) is 0 Å². The summed E-state index contributed by atoms with van der Waals surface area (Å²) in [6.07, 6.45) is 0. The summed E-state index contributed by atoms with van der Waals surface area (Å²) < 4.78 is 30.5. The molecule has 0 fully saturated rings. The summed E-state index contributed by atoms with van der Waals surface area (Å²) in [5.74, 6) is 1.37. The van der Waals surface area contributed by atoms with E-state index >= 15 is 0 Å². The van der Waals surface area contributed by atoms with Crippen LogP contribution in [0.1, 0.15) is 51.5 Å². The van der Waals surface area contributed by atoms with Gasteiger partial charge in [-0.15, -0.1) is 0 Å². The van der Waals surface area contributed by atoms with Crippen molar-refractivity contribution in [2.24, 2.45) is 11.8 Å². The Balaban J connectivity index is -0.000000284. The summed E-state index contributed by atoms with van der Waals surface area (Å²) in [6.45, 7) is 9.01. The van der Waals surface area contributed by atoms with Crippen molar-refractivity contribution >= 4 is 56.1 Å². The molecule has 45 heavy (non-hydrogen) atoms. The Hall–Kier alpha value is 0.00390. The maximum Gasteiger partial charge on any atom is 1.00 e. The summed E-state index contributed by atoms with van der Waals surface area (Å²) in [6, 6.07) is 14.1. The maximum absolute atomic E-state index is 11.5. The number of nitrogens with one attached hydrogen (secondary N) is 2. The zero-order chi connectivity index (χ0) is 33.7. The Labute approximate surface area is 391 Å². The predicted molar refractivity (Wildman–Crippen MR) is 165 cm³/mol. The zero-order valence-corrected chi connectivity index (χ0v) is 41.1. The second kappa shape index (κ2) is 29.0. The number of hydrogen-bond donors (Lipinski definition) is 3. The molecule has 240 valence electrons. The molecule has 0 radical (unpaired) electrons. The normalized spacial score (nSPS) is 9.53. The number of fused-ring (bicyclic) bond motifs is 2. The van der Waals surface area contributed by atoms with E-state index in [1.807, 2.05) is 18.2 Å². The molecule has 0 bridgehead atoms. The van der Waals surface area contributed by atoms with E-state index in [0.29, 0.717) is 34.8 Å². The van der Waals surface area contributed by atoms with Gasteiger partial charge in [0.15, 0.2) is 0 Å². The standard InChI is InChI=1S/C14H17NO3.C10H9NO3.C4H9Br.CH3F.CH2O3.2Cs.H/c1-9(2)8-18-13-6-4-5-11-10(13)7-12(15-11)14(16)17-3;1-14-10(13)8-5-6-7(11-8)3-2-4-9(6)12;1-4(2)3-5;1-2;2-1-4-3;;;/h4-7,9,15H,8H2,1-3H3;2-5,11-12H,1H3;4H,3H2,1-2H3;1H3;1,3H;;;/q;;;;;2*+1;-1/p-1/i;;;1D;;;;. The van der Waals surface area contributed by atoms with Crippen molar-refractivity contribution in [3.05, 3.63) is 59.9 Å². The first-order valence-corrected chi connectivity index (χ1v) is 13.9. The molecule has 0 saturated heterocycles. The van der Waals surface area contributed by atoms with E-state index in [-0.39, 0.29) is 157 Å². The van der Waals surface area contributed by atoms with Gasteiger partial charge in [-0.25, -0.2) is 9.59 Å². The van der Waals surface area contributed by atoms with E-state index in [1.165, 1.54) is 14.2 Å². The molecule has 0 spiro atoms. The van der Waals surface area contributed by atoms with Crippen molar-refractivity contribution in [3.63, 3.8) is 0 Å². The molecule has 0 aliphatic heterocycles. The first-order valence-electron chi connectivity index (χ1n) is 13.5. The van der Waals surface area contributed by atoms with E-state index in [0.717, 1.165) is 27.9 Å². The van der Waals surface area contributed by atoms with Crippen LogP contribution in [0.4, 0.5) is 4.39 Å². The number of methoxy groups -OCH3 is 2. The van der Waals surface area contributed by atoms with E-state index in [2.05, 4.69) is 63.2 Å². The molecule has 0 unspecified atom stereocenters. The number of H-pyrrole nitrogens is 2. The van der Waals surface area contributed by atoms with Gasteiger partial charge in [-0.2, -0.15) is 0 Å². The van der Waals surface area contributed by atoms with Crippen LogP contribution in [0.15, 0.2) is 48.5 Å². The average molecular weight is 938 g/mol. The number of carbonyl (C=O) groups excluding carboxylic acids is 3. The first kappa shape index (κ1) is 47.1. The molecule has 0 saturated carbocycles. The third kappa shape index (κ3) is 19.0. The molecule has 15 heteroatoms. The minimum Gasteiger partial charge on any atom is -1.00 e. The van der Waals surface area contributed by atoms with Crippen molar-refractivity contribution < 1.29 is 189 Å². The number of benzene rings is 2. The summed E-state index contributed by atoms with van der Waals surface area (Å²) in [5.41, 5.74) is 2.36. The molecule has 2 heterocycles. The molecule has 0 atom stereocenters. The van der Waals surface area contributed by atoms with Crippen molar-refractivity contribution in [1.82, 2.24) is 9.97 Å². The molecular weight excluding hydrogens is 897 g/mol. The fourth-order valence-electron chi connectivity index (χ4n) is 3.09. The number of phenolic OH excluding ortho intramolecular Hbond substituents is 1. The fraction of sp³-hybridized carbons (Fsp3) is 0.367. The number of esters is 2. The monoisotopic (exact) mass is 937 g/mol. The maximum atomic E-state index is 11.5. The van der Waals surface area contributed by atoms with Gasteiger partial charge >= 0.3 is 150 Å². The van der Waals surface area contributed by atoms with Gasteiger partial charge in [0.1, 0.15) is 22.9 Å². The number of hydrogen-bond acceptors (Lipinski definition) is 9. The minimum atomic E-state index is -1.00. The fourth-order valence-corrected chi connectivity index (χ4v) is 3.09.